The van der Waals surface area contributed by atoms with Crippen LogP contribution in [0.3, 0.4) is 0 Å². The van der Waals surface area contributed by atoms with Crippen LogP contribution < -0.4 is 0 Å². The molecule has 0 unspecified atom stereocenters. The average molecular weight is 356 g/mol. The molecule has 122 valence electrons. The van der Waals surface area contributed by atoms with Crippen LogP contribution in [0, 0.1) is 0 Å². The Morgan fingerprint density at radius 1 is 1.12 bits per heavy atom. The Morgan fingerprint density at radius 2 is 1.92 bits per heavy atom. The molecule has 3 rings (SSSR count). The summed E-state index contributed by atoms with van der Waals surface area (Å²) in [5, 5.41) is 22.0. The van der Waals surface area contributed by atoms with Crippen molar-refractivity contribution in [2.24, 2.45) is 0 Å². The Kier molecular flexibility index (Phi) is 5.23. The molecule has 5 heteroatoms. The molecule has 0 radical (unpaired) electrons. The van der Waals surface area contributed by atoms with Gasteiger partial charge in [0.2, 0.25) is 5.12 Å². The summed E-state index contributed by atoms with van der Waals surface area (Å²) >= 11 is 2.82. The zero-order chi connectivity index (χ0) is 16.9. The van der Waals surface area contributed by atoms with E-state index in [4.69, 9.17) is 0 Å². The number of fused-ring (bicyclic) bond motifs is 1. The van der Waals surface area contributed by atoms with Gasteiger partial charge in [0, 0.05) is 15.8 Å². The fourth-order valence-corrected chi connectivity index (χ4v) is 3.87. The SMILES string of the molecule is O=C(/C=C/c1cc(O)c2ccsc2c1)SCCc1ccc(O)cc1. The number of benzene rings is 2. The number of phenolic OH excluding ortho intramolecular Hbond substituents is 2. The molecule has 0 saturated carbocycles. The molecule has 24 heavy (non-hydrogen) atoms. The van der Waals surface area contributed by atoms with Crippen molar-refractivity contribution in [3.05, 3.63) is 65.0 Å². The molecular weight excluding hydrogens is 340 g/mol. The van der Waals surface area contributed by atoms with E-state index in [1.165, 1.54) is 17.8 Å². The highest BCUT2D eigenvalue weighted by molar-refractivity contribution is 8.14. The van der Waals surface area contributed by atoms with Gasteiger partial charge in [0.05, 0.1) is 0 Å². The van der Waals surface area contributed by atoms with Gasteiger partial charge in [-0.3, -0.25) is 4.79 Å². The number of carbonyl (C=O) groups excluding carboxylic acids is 1. The van der Waals surface area contributed by atoms with Crippen LogP contribution in [-0.4, -0.2) is 21.1 Å². The molecule has 0 spiro atoms. The highest BCUT2D eigenvalue weighted by Crippen LogP contribution is 2.31. The highest BCUT2D eigenvalue weighted by Gasteiger charge is 2.04. The lowest BCUT2D eigenvalue weighted by molar-refractivity contribution is -0.106. The van der Waals surface area contributed by atoms with Crippen LogP contribution in [0.15, 0.2) is 53.9 Å². The Balaban J connectivity index is 1.55. The molecule has 0 aliphatic heterocycles. The van der Waals surface area contributed by atoms with E-state index in [0.717, 1.165) is 27.6 Å². The number of rotatable bonds is 5. The van der Waals surface area contributed by atoms with E-state index in [2.05, 4.69) is 0 Å². The number of phenols is 2. The van der Waals surface area contributed by atoms with Gasteiger partial charge in [-0.15, -0.1) is 11.3 Å². The van der Waals surface area contributed by atoms with Gasteiger partial charge in [-0.1, -0.05) is 30.0 Å². The Morgan fingerprint density at radius 3 is 2.71 bits per heavy atom. The zero-order valence-corrected chi connectivity index (χ0v) is 14.4. The molecule has 3 nitrogen and oxygen atoms in total. The quantitative estimate of drug-likeness (QED) is 0.643. The highest BCUT2D eigenvalue weighted by atomic mass is 32.2. The number of aromatic hydroxyl groups is 2. The lowest BCUT2D eigenvalue weighted by Gasteiger charge is -2.00. The van der Waals surface area contributed by atoms with Crippen LogP contribution in [0.25, 0.3) is 16.2 Å². The van der Waals surface area contributed by atoms with Gasteiger partial charge in [0.15, 0.2) is 0 Å². The summed E-state index contributed by atoms with van der Waals surface area (Å²) in [5.41, 5.74) is 1.90. The number of thioether (sulfide) groups is 1. The summed E-state index contributed by atoms with van der Waals surface area (Å²) < 4.78 is 1.00. The van der Waals surface area contributed by atoms with Crippen molar-refractivity contribution in [1.82, 2.24) is 0 Å². The predicted octanol–water partition coefficient (Wildman–Crippen LogP) is 4.83. The monoisotopic (exact) mass is 356 g/mol. The first kappa shape index (κ1) is 16.6. The smallest absolute Gasteiger partial charge is 0.212 e. The maximum Gasteiger partial charge on any atom is 0.212 e. The van der Waals surface area contributed by atoms with Crippen LogP contribution in [0.1, 0.15) is 11.1 Å². The molecule has 2 aromatic carbocycles. The van der Waals surface area contributed by atoms with Crippen LogP contribution in [0.5, 0.6) is 11.5 Å². The molecule has 0 aliphatic rings. The average Bonchev–Trinajstić information content (AvgIpc) is 3.04. The van der Waals surface area contributed by atoms with Crippen molar-refractivity contribution in [2.75, 3.05) is 5.75 Å². The lowest BCUT2D eigenvalue weighted by atomic mass is 10.1. The van der Waals surface area contributed by atoms with E-state index >= 15 is 0 Å². The van der Waals surface area contributed by atoms with E-state index in [1.807, 2.05) is 29.6 Å². The molecule has 0 atom stereocenters. The number of aryl methyl sites for hydroxylation is 1. The Bertz CT molecular complexity index is 879. The molecule has 0 bridgehead atoms. The first-order chi connectivity index (χ1) is 11.6. The van der Waals surface area contributed by atoms with Gasteiger partial charge < -0.3 is 10.2 Å². The molecule has 1 heterocycles. The number of thiophene rings is 1. The van der Waals surface area contributed by atoms with Gasteiger partial charge in [0.25, 0.3) is 0 Å². The third-order valence-electron chi connectivity index (χ3n) is 3.56. The molecule has 0 fully saturated rings. The third kappa shape index (κ3) is 4.19. The summed E-state index contributed by atoms with van der Waals surface area (Å²) in [7, 11) is 0. The van der Waals surface area contributed by atoms with Crippen molar-refractivity contribution in [3.63, 3.8) is 0 Å². The largest absolute Gasteiger partial charge is 0.508 e. The van der Waals surface area contributed by atoms with Crippen molar-refractivity contribution in [2.45, 2.75) is 6.42 Å². The van der Waals surface area contributed by atoms with Gasteiger partial charge in [-0.2, -0.15) is 0 Å². The molecule has 0 aliphatic carbocycles. The summed E-state index contributed by atoms with van der Waals surface area (Å²) in [6, 6.07) is 12.5. The summed E-state index contributed by atoms with van der Waals surface area (Å²) in [6.07, 6.45) is 4.04. The molecule has 1 aromatic heterocycles. The fourth-order valence-electron chi connectivity index (χ4n) is 2.31. The van der Waals surface area contributed by atoms with Gasteiger partial charge in [-0.05, 0) is 59.3 Å². The summed E-state index contributed by atoms with van der Waals surface area (Å²) in [6.45, 7) is 0. The van der Waals surface area contributed by atoms with E-state index in [9.17, 15) is 15.0 Å². The Labute approximate surface area is 148 Å². The number of hydrogen-bond donors (Lipinski definition) is 2. The van der Waals surface area contributed by atoms with Gasteiger partial charge in [-0.25, -0.2) is 0 Å². The van der Waals surface area contributed by atoms with Crippen molar-refractivity contribution >= 4 is 44.4 Å². The van der Waals surface area contributed by atoms with Crippen molar-refractivity contribution in [1.29, 1.82) is 0 Å². The minimum Gasteiger partial charge on any atom is -0.508 e. The van der Waals surface area contributed by atoms with Crippen LogP contribution in [-0.2, 0) is 11.2 Å². The van der Waals surface area contributed by atoms with Gasteiger partial charge >= 0.3 is 0 Å². The number of carbonyl (C=O) groups is 1. The first-order valence-electron chi connectivity index (χ1n) is 7.45. The molecule has 3 aromatic rings. The van der Waals surface area contributed by atoms with Crippen LogP contribution in [0.4, 0.5) is 0 Å². The third-order valence-corrected chi connectivity index (χ3v) is 5.25. The molecule has 2 N–H and O–H groups in total. The Hall–Kier alpha value is -2.24. The van der Waals surface area contributed by atoms with E-state index < -0.39 is 0 Å². The maximum atomic E-state index is 11.9. The van der Waals surface area contributed by atoms with Gasteiger partial charge in [0.1, 0.15) is 11.5 Å². The second-order valence-electron chi connectivity index (χ2n) is 5.29. The number of hydrogen-bond acceptors (Lipinski definition) is 5. The van der Waals surface area contributed by atoms with Crippen LogP contribution >= 0.6 is 23.1 Å². The zero-order valence-electron chi connectivity index (χ0n) is 12.8. The van der Waals surface area contributed by atoms with Crippen LogP contribution in [0.2, 0.25) is 0 Å². The van der Waals surface area contributed by atoms with E-state index in [1.54, 1.807) is 35.6 Å². The summed E-state index contributed by atoms with van der Waals surface area (Å²) in [5.74, 6) is 1.17. The standard InChI is InChI=1S/C19H16O3S2/c20-15-4-1-13(2-5-15)7-9-24-19(22)6-3-14-11-17(21)16-8-10-23-18(16)12-14/h1-6,8,10-12,20-21H,7,9H2/b6-3+. The lowest BCUT2D eigenvalue weighted by Crippen LogP contribution is -1.92. The second-order valence-corrected chi connectivity index (χ2v) is 7.34. The first-order valence-corrected chi connectivity index (χ1v) is 9.31. The predicted molar refractivity (Wildman–Crippen MR) is 102 cm³/mol. The minimum absolute atomic E-state index is 0.0143. The molecule has 0 amide bonds. The van der Waals surface area contributed by atoms with E-state index in [-0.39, 0.29) is 16.6 Å². The second kappa shape index (κ2) is 7.55. The fraction of sp³-hybridized carbons (Fsp3) is 0.105. The van der Waals surface area contributed by atoms with E-state index in [0.29, 0.717) is 5.75 Å². The maximum absolute atomic E-state index is 11.9. The topological polar surface area (TPSA) is 57.5 Å². The molecular formula is C19H16O3S2. The normalized spacial score (nSPS) is 11.3. The minimum atomic E-state index is -0.0143. The molecule has 0 saturated heterocycles. The van der Waals surface area contributed by atoms with Crippen molar-refractivity contribution < 1.29 is 15.0 Å². The summed E-state index contributed by atoms with van der Waals surface area (Å²) in [4.78, 5) is 11.9. The van der Waals surface area contributed by atoms with Crippen molar-refractivity contribution in [3.8, 4) is 11.5 Å².